The second-order valence-electron chi connectivity index (χ2n) is 5.49. The maximum atomic E-state index is 5.91. The number of nitrogens with one attached hydrogen (secondary N) is 1. The van der Waals surface area contributed by atoms with Crippen molar-refractivity contribution in [3.63, 3.8) is 0 Å². The van der Waals surface area contributed by atoms with Crippen LogP contribution in [0.2, 0.25) is 0 Å². The fraction of sp³-hybridized carbons (Fsp3) is 0.278. The molecule has 130 valence electrons. The van der Waals surface area contributed by atoms with Gasteiger partial charge in [0.15, 0.2) is 5.96 Å². The number of nitrogens with zero attached hydrogens (tertiary/aromatic N) is 2. The van der Waals surface area contributed by atoms with Crippen LogP contribution >= 0.6 is 24.0 Å². The lowest BCUT2D eigenvalue weighted by atomic mass is 10.3. The molecule has 0 amide bonds. The first kappa shape index (κ1) is 20.2. The lowest BCUT2D eigenvalue weighted by Crippen LogP contribution is -2.23. The lowest BCUT2D eigenvalue weighted by molar-refractivity contribution is 0.403. The van der Waals surface area contributed by atoms with Crippen LogP contribution in [0, 0.1) is 0 Å². The molecule has 0 aliphatic carbocycles. The lowest BCUT2D eigenvalue weighted by Gasteiger charge is -2.10. The summed E-state index contributed by atoms with van der Waals surface area (Å²) in [5.41, 5.74) is 6.76. The molecule has 0 fully saturated rings. The van der Waals surface area contributed by atoms with Gasteiger partial charge in [0.1, 0.15) is 11.5 Å². The van der Waals surface area contributed by atoms with E-state index in [1.54, 1.807) is 0 Å². The third-order valence-electron chi connectivity index (χ3n) is 3.13. The van der Waals surface area contributed by atoms with E-state index in [4.69, 9.17) is 10.5 Å². The molecule has 3 N–H and O–H groups in total. The van der Waals surface area contributed by atoms with Crippen LogP contribution in [0.1, 0.15) is 6.42 Å². The highest BCUT2D eigenvalue weighted by atomic mass is 127. The molecule has 0 unspecified atom stereocenters. The van der Waals surface area contributed by atoms with Gasteiger partial charge in [-0.3, -0.25) is 4.99 Å². The van der Waals surface area contributed by atoms with Crippen molar-refractivity contribution in [2.75, 3.05) is 32.5 Å². The fourth-order valence-electron chi connectivity index (χ4n) is 2.04. The molecule has 0 aliphatic heterocycles. The Labute approximate surface area is 160 Å². The average Bonchev–Trinajstić information content (AvgIpc) is 2.53. The number of hydrogen-bond acceptors (Lipinski definition) is 3. The highest BCUT2D eigenvalue weighted by molar-refractivity contribution is 14.0. The number of nitrogens with two attached hydrogens (primary N) is 1. The Balaban J connectivity index is 0.00000288. The van der Waals surface area contributed by atoms with E-state index in [9.17, 15) is 0 Å². The van der Waals surface area contributed by atoms with E-state index in [2.05, 4.69) is 15.2 Å². The van der Waals surface area contributed by atoms with E-state index in [1.807, 2.05) is 68.7 Å². The van der Waals surface area contributed by atoms with Crippen LogP contribution < -0.4 is 15.8 Å². The summed E-state index contributed by atoms with van der Waals surface area (Å²) >= 11 is 0. The summed E-state index contributed by atoms with van der Waals surface area (Å²) in [6.45, 7) is 1.70. The zero-order valence-electron chi connectivity index (χ0n) is 14.1. The Bertz CT molecular complexity index is 632. The predicted molar refractivity (Wildman–Crippen MR) is 112 cm³/mol. The molecule has 2 aromatic carbocycles. The topological polar surface area (TPSA) is 62.9 Å². The van der Waals surface area contributed by atoms with Crippen LogP contribution in [-0.4, -0.2) is 38.0 Å². The van der Waals surface area contributed by atoms with Gasteiger partial charge in [0.2, 0.25) is 0 Å². The van der Waals surface area contributed by atoms with Crippen molar-refractivity contribution < 1.29 is 4.74 Å². The maximum absolute atomic E-state index is 5.91. The maximum Gasteiger partial charge on any atom is 0.193 e. The summed E-state index contributed by atoms with van der Waals surface area (Å²) in [5.74, 6) is 1.97. The van der Waals surface area contributed by atoms with Crippen LogP contribution in [0.3, 0.4) is 0 Å². The number of halogens is 1. The Morgan fingerprint density at radius 2 is 1.79 bits per heavy atom. The Kier molecular flexibility index (Phi) is 9.18. The van der Waals surface area contributed by atoms with Crippen LogP contribution in [-0.2, 0) is 0 Å². The van der Waals surface area contributed by atoms with Crippen LogP contribution in [0.25, 0.3) is 0 Å². The molecule has 0 aromatic heterocycles. The molecule has 6 heteroatoms. The quantitative estimate of drug-likeness (QED) is 0.298. The third kappa shape index (κ3) is 7.65. The molecule has 0 aliphatic rings. The SMILES string of the molecule is CN(C)CCCN=C(N)Nc1cccc(Oc2ccccc2)c1.I. The van der Waals surface area contributed by atoms with Crippen molar-refractivity contribution in [2.24, 2.45) is 10.7 Å². The van der Waals surface area contributed by atoms with Crippen molar-refractivity contribution in [1.29, 1.82) is 0 Å². The van der Waals surface area contributed by atoms with Crippen LogP contribution in [0.4, 0.5) is 5.69 Å². The molecule has 0 saturated carbocycles. The first-order valence-corrected chi connectivity index (χ1v) is 7.68. The minimum atomic E-state index is 0. The highest BCUT2D eigenvalue weighted by Crippen LogP contribution is 2.23. The zero-order chi connectivity index (χ0) is 16.5. The molecule has 2 rings (SSSR count). The number of anilines is 1. The number of ether oxygens (including phenoxy) is 1. The van der Waals surface area contributed by atoms with Gasteiger partial charge in [-0.15, -0.1) is 24.0 Å². The molecule has 2 aromatic rings. The van der Waals surface area contributed by atoms with Gasteiger partial charge in [-0.05, 0) is 51.3 Å². The molecule has 0 spiro atoms. The van der Waals surface area contributed by atoms with Crippen molar-refractivity contribution in [1.82, 2.24) is 4.90 Å². The number of aliphatic imine (C=N–C) groups is 1. The van der Waals surface area contributed by atoms with E-state index in [0.717, 1.165) is 30.2 Å². The monoisotopic (exact) mass is 440 g/mol. The van der Waals surface area contributed by atoms with Crippen LogP contribution in [0.15, 0.2) is 59.6 Å². The molecule has 5 nitrogen and oxygen atoms in total. The molecule has 0 heterocycles. The largest absolute Gasteiger partial charge is 0.457 e. The highest BCUT2D eigenvalue weighted by Gasteiger charge is 2.00. The van der Waals surface area contributed by atoms with Crippen LogP contribution in [0.5, 0.6) is 11.5 Å². The van der Waals surface area contributed by atoms with E-state index in [0.29, 0.717) is 12.5 Å². The summed E-state index contributed by atoms with van der Waals surface area (Å²) < 4.78 is 5.80. The molecular weight excluding hydrogens is 415 g/mol. The number of hydrogen-bond donors (Lipinski definition) is 2. The summed E-state index contributed by atoms with van der Waals surface area (Å²) in [6.07, 6.45) is 0.979. The van der Waals surface area contributed by atoms with Gasteiger partial charge >= 0.3 is 0 Å². The Hall–Kier alpha value is -1.80. The van der Waals surface area contributed by atoms with E-state index in [-0.39, 0.29) is 24.0 Å². The molecule has 24 heavy (non-hydrogen) atoms. The summed E-state index contributed by atoms with van der Waals surface area (Å²) in [4.78, 5) is 6.45. The number of para-hydroxylation sites is 1. The van der Waals surface area contributed by atoms with Gasteiger partial charge in [-0.25, -0.2) is 0 Å². The average molecular weight is 440 g/mol. The second kappa shape index (κ2) is 10.9. The third-order valence-corrected chi connectivity index (χ3v) is 3.13. The van der Waals surface area contributed by atoms with Gasteiger partial charge in [0.25, 0.3) is 0 Å². The van der Waals surface area contributed by atoms with E-state index >= 15 is 0 Å². The number of rotatable bonds is 7. The first-order chi connectivity index (χ1) is 11.1. The molecule has 0 saturated heterocycles. The van der Waals surface area contributed by atoms with Gasteiger partial charge in [0, 0.05) is 18.3 Å². The minimum absolute atomic E-state index is 0. The summed E-state index contributed by atoms with van der Waals surface area (Å²) in [7, 11) is 4.09. The Morgan fingerprint density at radius 3 is 2.50 bits per heavy atom. The first-order valence-electron chi connectivity index (χ1n) is 7.68. The van der Waals surface area contributed by atoms with E-state index < -0.39 is 0 Å². The van der Waals surface area contributed by atoms with Gasteiger partial charge < -0.3 is 20.7 Å². The fourth-order valence-corrected chi connectivity index (χ4v) is 2.04. The van der Waals surface area contributed by atoms with Gasteiger partial charge in [-0.1, -0.05) is 24.3 Å². The van der Waals surface area contributed by atoms with Gasteiger partial charge in [0.05, 0.1) is 0 Å². The predicted octanol–water partition coefficient (Wildman–Crippen LogP) is 3.78. The molecule has 0 radical (unpaired) electrons. The van der Waals surface area contributed by atoms with E-state index in [1.165, 1.54) is 0 Å². The molecule has 0 bridgehead atoms. The van der Waals surface area contributed by atoms with Crippen molar-refractivity contribution in [2.45, 2.75) is 6.42 Å². The molecular formula is C18H25IN4O. The van der Waals surface area contributed by atoms with Crippen molar-refractivity contribution in [3.05, 3.63) is 54.6 Å². The molecule has 0 atom stereocenters. The zero-order valence-corrected chi connectivity index (χ0v) is 16.4. The van der Waals surface area contributed by atoms with Gasteiger partial charge in [-0.2, -0.15) is 0 Å². The normalized spacial score (nSPS) is 11.0. The van der Waals surface area contributed by atoms with Crippen molar-refractivity contribution >= 4 is 35.6 Å². The summed E-state index contributed by atoms with van der Waals surface area (Å²) in [5, 5.41) is 3.09. The standard InChI is InChI=1S/C18H24N4O.HI/c1-22(2)13-7-12-20-18(19)21-15-8-6-11-17(14-15)23-16-9-4-3-5-10-16;/h3-6,8-11,14H,7,12-13H2,1-2H3,(H3,19,20,21);1H. The number of benzene rings is 2. The van der Waals surface area contributed by atoms with Crippen molar-refractivity contribution in [3.8, 4) is 11.5 Å². The summed E-state index contributed by atoms with van der Waals surface area (Å²) in [6, 6.07) is 17.3. The minimum Gasteiger partial charge on any atom is -0.457 e. The number of guanidine groups is 1. The smallest absolute Gasteiger partial charge is 0.193 e. The Morgan fingerprint density at radius 1 is 1.08 bits per heavy atom. The second-order valence-corrected chi connectivity index (χ2v) is 5.49.